The third-order valence-electron chi connectivity index (χ3n) is 1.61. The Hall–Kier alpha value is -1.92. The highest BCUT2D eigenvalue weighted by molar-refractivity contribution is 5.85. The number of nitro groups is 1. The monoisotopic (exact) mass is 199 g/mol. The van der Waals surface area contributed by atoms with Crippen LogP contribution in [0.4, 0.5) is 5.82 Å². The van der Waals surface area contributed by atoms with Gasteiger partial charge in [-0.15, -0.1) is 0 Å². The number of hydrogen-bond donors (Lipinski definition) is 0. The van der Waals surface area contributed by atoms with Crippen LogP contribution >= 0.6 is 0 Å². The molecule has 0 aliphatic rings. The fourth-order valence-corrected chi connectivity index (χ4v) is 0.955. The van der Waals surface area contributed by atoms with Gasteiger partial charge in [0.05, 0.1) is 13.7 Å². The van der Waals surface area contributed by atoms with Crippen LogP contribution in [-0.2, 0) is 11.8 Å². The van der Waals surface area contributed by atoms with Crippen LogP contribution in [0.2, 0.25) is 0 Å². The number of rotatable bonds is 3. The summed E-state index contributed by atoms with van der Waals surface area (Å²) in [6.45, 7) is 1.86. The molecule has 1 aromatic heterocycles. The Morgan fingerprint density at radius 3 is 2.86 bits per heavy atom. The van der Waals surface area contributed by atoms with Crippen LogP contribution in [0.15, 0.2) is 6.20 Å². The first-order chi connectivity index (χ1) is 6.57. The minimum absolute atomic E-state index is 0.0708. The maximum Gasteiger partial charge on any atom is 0.399 e. The van der Waals surface area contributed by atoms with E-state index in [1.165, 1.54) is 7.05 Å². The molecular formula is C7H9N3O4. The summed E-state index contributed by atoms with van der Waals surface area (Å²) in [5.74, 6) is -0.977. The fourth-order valence-electron chi connectivity index (χ4n) is 0.955. The summed E-state index contributed by atoms with van der Waals surface area (Å²) < 4.78 is 5.74. The highest BCUT2D eigenvalue weighted by Gasteiger charge is 2.23. The molecule has 0 aromatic carbocycles. The predicted molar refractivity (Wildman–Crippen MR) is 45.8 cm³/mol. The molecule has 76 valence electrons. The molecule has 0 radical (unpaired) electrons. The average Bonchev–Trinajstić information content (AvgIpc) is 2.47. The molecule has 0 bridgehead atoms. The van der Waals surface area contributed by atoms with Gasteiger partial charge in [0, 0.05) is 0 Å². The van der Waals surface area contributed by atoms with Gasteiger partial charge in [0.2, 0.25) is 0 Å². The zero-order chi connectivity index (χ0) is 10.7. The molecule has 7 nitrogen and oxygen atoms in total. The molecule has 0 atom stereocenters. The number of carbonyl (C=O) groups is 1. The van der Waals surface area contributed by atoms with E-state index in [0.717, 1.165) is 10.8 Å². The molecule has 0 spiro atoms. The standard InChI is InChI=1S/C7H9N3O4/c1-3-14-7(11)6-8-4-5(9(6)2)10(12)13/h4H,3H2,1-2H3. The molecule has 0 aliphatic heterocycles. The van der Waals surface area contributed by atoms with Crippen molar-refractivity contribution in [2.75, 3.05) is 6.61 Å². The fraction of sp³-hybridized carbons (Fsp3) is 0.429. The van der Waals surface area contributed by atoms with E-state index in [-0.39, 0.29) is 18.2 Å². The van der Waals surface area contributed by atoms with Crippen molar-refractivity contribution in [2.24, 2.45) is 7.05 Å². The van der Waals surface area contributed by atoms with E-state index in [4.69, 9.17) is 0 Å². The van der Waals surface area contributed by atoms with Gasteiger partial charge in [-0.2, -0.15) is 0 Å². The molecule has 0 aliphatic carbocycles. The van der Waals surface area contributed by atoms with Crippen LogP contribution in [0.1, 0.15) is 17.5 Å². The summed E-state index contributed by atoms with van der Waals surface area (Å²) in [5, 5.41) is 10.4. The van der Waals surface area contributed by atoms with Crippen LogP contribution in [0.3, 0.4) is 0 Å². The van der Waals surface area contributed by atoms with Crippen LogP contribution in [0, 0.1) is 10.1 Å². The molecule has 0 N–H and O–H groups in total. The SMILES string of the molecule is CCOC(=O)c1ncc([N+](=O)[O-])n1C. The molecule has 0 unspecified atom stereocenters. The largest absolute Gasteiger partial charge is 0.459 e. The Labute approximate surface area is 79.5 Å². The lowest BCUT2D eigenvalue weighted by molar-refractivity contribution is -0.391. The number of nitrogens with zero attached hydrogens (tertiary/aromatic N) is 3. The summed E-state index contributed by atoms with van der Waals surface area (Å²) >= 11 is 0. The normalized spacial score (nSPS) is 9.86. The molecule has 14 heavy (non-hydrogen) atoms. The second-order valence-electron chi connectivity index (χ2n) is 2.48. The number of ether oxygens (including phenoxy) is 1. The van der Waals surface area contributed by atoms with Crippen molar-refractivity contribution in [1.82, 2.24) is 9.55 Å². The minimum atomic E-state index is -0.664. The van der Waals surface area contributed by atoms with Crippen molar-refractivity contribution in [3.05, 3.63) is 22.1 Å². The first kappa shape index (κ1) is 10.2. The first-order valence-electron chi connectivity index (χ1n) is 3.91. The van der Waals surface area contributed by atoms with Crippen molar-refractivity contribution < 1.29 is 14.5 Å². The van der Waals surface area contributed by atoms with Gasteiger partial charge in [0.15, 0.2) is 0 Å². The smallest absolute Gasteiger partial charge is 0.399 e. The summed E-state index contributed by atoms with van der Waals surface area (Å²) in [7, 11) is 1.39. The van der Waals surface area contributed by atoms with E-state index in [0.29, 0.717) is 0 Å². The van der Waals surface area contributed by atoms with Gasteiger partial charge in [-0.05, 0) is 11.8 Å². The number of imidazole rings is 1. The molecule has 0 saturated heterocycles. The van der Waals surface area contributed by atoms with Crippen molar-refractivity contribution in [2.45, 2.75) is 6.92 Å². The molecule has 1 aromatic rings. The van der Waals surface area contributed by atoms with E-state index in [2.05, 4.69) is 9.72 Å². The lowest BCUT2D eigenvalue weighted by atomic mass is 10.6. The second kappa shape index (κ2) is 3.86. The highest BCUT2D eigenvalue weighted by atomic mass is 16.6. The molecular weight excluding hydrogens is 190 g/mol. The summed E-state index contributed by atoms with van der Waals surface area (Å²) in [6, 6.07) is 0. The number of esters is 1. The first-order valence-corrected chi connectivity index (χ1v) is 3.91. The lowest BCUT2D eigenvalue weighted by Crippen LogP contribution is -2.12. The van der Waals surface area contributed by atoms with E-state index in [9.17, 15) is 14.9 Å². The van der Waals surface area contributed by atoms with Gasteiger partial charge in [0.25, 0.3) is 0 Å². The molecule has 0 saturated carbocycles. The number of carbonyl (C=O) groups excluding carboxylic acids is 1. The Morgan fingerprint density at radius 1 is 1.79 bits per heavy atom. The van der Waals surface area contributed by atoms with Gasteiger partial charge in [-0.3, -0.25) is 0 Å². The molecule has 1 heterocycles. The van der Waals surface area contributed by atoms with Crippen LogP contribution in [-0.4, -0.2) is 27.1 Å². The van der Waals surface area contributed by atoms with Crippen LogP contribution in [0.5, 0.6) is 0 Å². The molecule has 0 amide bonds. The van der Waals surface area contributed by atoms with Gasteiger partial charge >= 0.3 is 17.6 Å². The Balaban J connectivity index is 3.00. The van der Waals surface area contributed by atoms with Crippen molar-refractivity contribution in [1.29, 1.82) is 0 Å². The van der Waals surface area contributed by atoms with Gasteiger partial charge in [0.1, 0.15) is 6.20 Å². The second-order valence-corrected chi connectivity index (χ2v) is 2.48. The minimum Gasteiger partial charge on any atom is -0.459 e. The summed E-state index contributed by atoms with van der Waals surface area (Å²) in [5.41, 5.74) is 0. The summed E-state index contributed by atoms with van der Waals surface area (Å²) in [6.07, 6.45) is 1.02. The van der Waals surface area contributed by atoms with Crippen molar-refractivity contribution in [3.63, 3.8) is 0 Å². The topological polar surface area (TPSA) is 87.3 Å². The van der Waals surface area contributed by atoms with E-state index in [1.807, 2.05) is 0 Å². The third-order valence-corrected chi connectivity index (χ3v) is 1.61. The van der Waals surface area contributed by atoms with E-state index in [1.54, 1.807) is 6.92 Å². The maximum atomic E-state index is 11.2. The number of hydrogen-bond acceptors (Lipinski definition) is 5. The quantitative estimate of drug-likeness (QED) is 0.402. The number of aromatic nitrogens is 2. The molecule has 1 rings (SSSR count). The van der Waals surface area contributed by atoms with Gasteiger partial charge in [-0.25, -0.2) is 14.3 Å². The van der Waals surface area contributed by atoms with E-state index < -0.39 is 10.9 Å². The van der Waals surface area contributed by atoms with Crippen molar-refractivity contribution in [3.8, 4) is 0 Å². The van der Waals surface area contributed by atoms with Gasteiger partial charge < -0.3 is 14.9 Å². The zero-order valence-electron chi connectivity index (χ0n) is 7.76. The Kier molecular flexibility index (Phi) is 2.80. The lowest BCUT2D eigenvalue weighted by Gasteiger charge is -1.98. The maximum absolute atomic E-state index is 11.2. The Morgan fingerprint density at radius 2 is 2.43 bits per heavy atom. The van der Waals surface area contributed by atoms with Gasteiger partial charge in [-0.1, -0.05) is 0 Å². The Bertz CT molecular complexity index is 371. The molecule has 7 heteroatoms. The predicted octanol–water partition coefficient (Wildman–Crippen LogP) is 0.505. The molecule has 0 fully saturated rings. The van der Waals surface area contributed by atoms with Crippen LogP contribution in [0.25, 0.3) is 0 Å². The summed E-state index contributed by atoms with van der Waals surface area (Å²) in [4.78, 5) is 24.6. The highest BCUT2D eigenvalue weighted by Crippen LogP contribution is 2.12. The average molecular weight is 199 g/mol. The van der Waals surface area contributed by atoms with Crippen molar-refractivity contribution >= 4 is 11.8 Å². The van der Waals surface area contributed by atoms with Crippen LogP contribution < -0.4 is 0 Å². The van der Waals surface area contributed by atoms with E-state index >= 15 is 0 Å². The third kappa shape index (κ3) is 1.70. The zero-order valence-corrected chi connectivity index (χ0v) is 7.76.